The van der Waals surface area contributed by atoms with Crippen molar-refractivity contribution >= 4 is 16.9 Å². The largest absolute Gasteiger partial charge is 0.497 e. The number of methoxy groups -OCH3 is 2. The molecule has 0 atom stereocenters. The summed E-state index contributed by atoms with van der Waals surface area (Å²) in [5.74, 6) is -1.54. The Kier molecular flexibility index (Phi) is 3.63. The molecule has 0 aliphatic heterocycles. The predicted molar refractivity (Wildman–Crippen MR) is 66.8 cm³/mol. The maximum atomic E-state index is 13.2. The summed E-state index contributed by atoms with van der Waals surface area (Å²) in [4.78, 5) is 14.8. The summed E-state index contributed by atoms with van der Waals surface area (Å²) in [5.41, 5.74) is -2.29. The van der Waals surface area contributed by atoms with Crippen LogP contribution in [0.4, 0.5) is 13.2 Å². The van der Waals surface area contributed by atoms with Gasteiger partial charge in [0.2, 0.25) is 0 Å². The van der Waals surface area contributed by atoms with E-state index in [0.717, 1.165) is 6.07 Å². The normalized spacial score (nSPS) is 11.5. The molecular weight excluding hydrogens is 291 g/mol. The molecule has 8 heteroatoms. The lowest BCUT2D eigenvalue weighted by molar-refractivity contribution is -0.136. The van der Waals surface area contributed by atoms with Crippen LogP contribution < -0.4 is 9.47 Å². The van der Waals surface area contributed by atoms with Crippen LogP contribution in [0.3, 0.4) is 0 Å². The van der Waals surface area contributed by atoms with E-state index in [1.807, 2.05) is 0 Å². The van der Waals surface area contributed by atoms with E-state index in [0.29, 0.717) is 6.20 Å². The molecule has 0 bridgehead atoms. The fourth-order valence-electron chi connectivity index (χ4n) is 1.99. The Balaban J connectivity index is 2.97. The minimum atomic E-state index is -4.85. The Bertz CT molecular complexity index is 713. The zero-order valence-electron chi connectivity index (χ0n) is 11.0. The molecule has 0 saturated carbocycles. The number of fused-ring (bicyclic) bond motifs is 1. The second kappa shape index (κ2) is 5.12. The van der Waals surface area contributed by atoms with Crippen LogP contribution in [0.2, 0.25) is 0 Å². The van der Waals surface area contributed by atoms with Gasteiger partial charge in [0.15, 0.2) is 0 Å². The molecule has 0 amide bonds. The van der Waals surface area contributed by atoms with Gasteiger partial charge in [-0.25, -0.2) is 4.79 Å². The van der Waals surface area contributed by atoms with Crippen molar-refractivity contribution in [2.75, 3.05) is 14.2 Å². The van der Waals surface area contributed by atoms with Crippen molar-refractivity contribution in [3.63, 3.8) is 0 Å². The molecule has 1 aromatic carbocycles. The summed E-state index contributed by atoms with van der Waals surface area (Å²) in [6.45, 7) is 0. The van der Waals surface area contributed by atoms with E-state index in [1.54, 1.807) is 0 Å². The number of hydrogen-bond donors (Lipinski definition) is 1. The molecule has 0 spiro atoms. The number of hydrogen-bond acceptors (Lipinski definition) is 4. The topological polar surface area (TPSA) is 68.7 Å². The highest BCUT2D eigenvalue weighted by molar-refractivity contribution is 5.98. The number of carboxylic acids is 1. The predicted octanol–water partition coefficient (Wildman–Crippen LogP) is 2.97. The first-order valence-corrected chi connectivity index (χ1v) is 5.64. The van der Waals surface area contributed by atoms with Crippen LogP contribution in [-0.2, 0) is 6.18 Å². The summed E-state index contributed by atoms with van der Waals surface area (Å²) < 4.78 is 49.6. The van der Waals surface area contributed by atoms with Gasteiger partial charge >= 0.3 is 12.1 Å². The molecule has 1 N–H and O–H groups in total. The molecule has 0 unspecified atom stereocenters. The fraction of sp³-hybridized carbons (Fsp3) is 0.231. The highest BCUT2D eigenvalue weighted by atomic mass is 19.4. The third-order valence-electron chi connectivity index (χ3n) is 2.88. The van der Waals surface area contributed by atoms with E-state index in [-0.39, 0.29) is 17.0 Å². The van der Waals surface area contributed by atoms with Crippen molar-refractivity contribution < 1.29 is 32.5 Å². The molecular formula is C13H10F3NO4. The number of pyridine rings is 1. The summed E-state index contributed by atoms with van der Waals surface area (Å²) in [6, 6.07) is 2.45. The van der Waals surface area contributed by atoms with E-state index in [1.165, 1.54) is 20.3 Å². The quantitative estimate of drug-likeness (QED) is 0.944. The van der Waals surface area contributed by atoms with Gasteiger partial charge < -0.3 is 14.6 Å². The molecule has 1 aromatic heterocycles. The van der Waals surface area contributed by atoms with Gasteiger partial charge in [-0.2, -0.15) is 13.2 Å². The van der Waals surface area contributed by atoms with Crippen molar-refractivity contribution in [1.29, 1.82) is 0 Å². The van der Waals surface area contributed by atoms with E-state index in [4.69, 9.17) is 14.6 Å². The lowest BCUT2D eigenvalue weighted by atomic mass is 10.0. The molecule has 0 aliphatic rings. The molecule has 2 aromatic rings. The van der Waals surface area contributed by atoms with Crippen LogP contribution in [0.1, 0.15) is 15.9 Å². The molecule has 5 nitrogen and oxygen atoms in total. The van der Waals surface area contributed by atoms with Crippen LogP contribution in [0.5, 0.6) is 11.5 Å². The van der Waals surface area contributed by atoms with Crippen molar-refractivity contribution in [1.82, 2.24) is 4.98 Å². The van der Waals surface area contributed by atoms with Gasteiger partial charge in [0.05, 0.1) is 25.3 Å². The number of aromatic nitrogens is 1. The average molecular weight is 301 g/mol. The first-order valence-electron chi connectivity index (χ1n) is 5.64. The summed E-state index contributed by atoms with van der Waals surface area (Å²) in [5, 5.41) is 8.55. The first kappa shape index (κ1) is 14.9. The highest BCUT2D eigenvalue weighted by Gasteiger charge is 2.38. The number of rotatable bonds is 3. The van der Waals surface area contributed by atoms with Gasteiger partial charge in [0, 0.05) is 17.6 Å². The Morgan fingerprint density at radius 2 is 1.90 bits per heavy atom. The van der Waals surface area contributed by atoms with Crippen molar-refractivity contribution in [2.24, 2.45) is 0 Å². The second-order valence-corrected chi connectivity index (χ2v) is 4.08. The third kappa shape index (κ3) is 2.56. The van der Waals surface area contributed by atoms with E-state index >= 15 is 0 Å². The van der Waals surface area contributed by atoms with Crippen LogP contribution >= 0.6 is 0 Å². The van der Waals surface area contributed by atoms with Crippen LogP contribution in [0, 0.1) is 0 Å². The zero-order chi connectivity index (χ0) is 15.8. The molecule has 112 valence electrons. The van der Waals surface area contributed by atoms with Crippen molar-refractivity contribution in [3.8, 4) is 11.5 Å². The van der Waals surface area contributed by atoms with Crippen LogP contribution in [0.25, 0.3) is 10.9 Å². The van der Waals surface area contributed by atoms with E-state index in [2.05, 4.69) is 4.98 Å². The van der Waals surface area contributed by atoms with Gasteiger partial charge in [0.1, 0.15) is 17.0 Å². The zero-order valence-corrected chi connectivity index (χ0v) is 11.0. The van der Waals surface area contributed by atoms with Gasteiger partial charge in [-0.3, -0.25) is 4.98 Å². The molecule has 1 heterocycles. The number of alkyl halides is 3. The van der Waals surface area contributed by atoms with Gasteiger partial charge in [0.25, 0.3) is 0 Å². The standard InChI is InChI=1S/C13H10F3NO4/c1-20-6-3-7-10(13(14,15)16)8(12(18)19)5-17-11(7)9(4-6)21-2/h3-5H,1-2H3,(H,18,19). The Labute approximate surface area is 116 Å². The number of halogens is 3. The van der Waals surface area contributed by atoms with Crippen molar-refractivity contribution in [3.05, 3.63) is 29.5 Å². The molecule has 21 heavy (non-hydrogen) atoms. The Morgan fingerprint density at radius 3 is 2.38 bits per heavy atom. The molecule has 0 radical (unpaired) electrons. The first-order chi connectivity index (χ1) is 9.79. The maximum absolute atomic E-state index is 13.2. The molecule has 2 rings (SSSR count). The van der Waals surface area contributed by atoms with Crippen LogP contribution in [-0.4, -0.2) is 30.3 Å². The second-order valence-electron chi connectivity index (χ2n) is 4.08. The Hall–Kier alpha value is -2.51. The van der Waals surface area contributed by atoms with Crippen LogP contribution in [0.15, 0.2) is 18.3 Å². The van der Waals surface area contributed by atoms with Gasteiger partial charge in [-0.15, -0.1) is 0 Å². The Morgan fingerprint density at radius 1 is 1.24 bits per heavy atom. The lowest BCUT2D eigenvalue weighted by Crippen LogP contribution is -2.14. The molecule has 0 fully saturated rings. The van der Waals surface area contributed by atoms with Gasteiger partial charge in [-0.1, -0.05) is 0 Å². The number of benzene rings is 1. The minimum Gasteiger partial charge on any atom is -0.497 e. The average Bonchev–Trinajstić information content (AvgIpc) is 2.43. The van der Waals surface area contributed by atoms with E-state index < -0.39 is 28.7 Å². The van der Waals surface area contributed by atoms with E-state index in [9.17, 15) is 18.0 Å². The number of carbonyl (C=O) groups is 1. The smallest absolute Gasteiger partial charge is 0.417 e. The molecule has 0 saturated heterocycles. The number of aromatic carboxylic acids is 1. The van der Waals surface area contributed by atoms with Gasteiger partial charge in [-0.05, 0) is 6.07 Å². The molecule has 0 aliphatic carbocycles. The monoisotopic (exact) mass is 301 g/mol. The summed E-state index contributed by atoms with van der Waals surface area (Å²) >= 11 is 0. The number of ether oxygens (including phenoxy) is 2. The minimum absolute atomic E-state index is 0.0618. The number of nitrogens with zero attached hydrogens (tertiary/aromatic N) is 1. The lowest BCUT2D eigenvalue weighted by Gasteiger charge is -2.15. The summed E-state index contributed by atoms with van der Waals surface area (Å²) in [6.07, 6.45) is -4.19. The number of carboxylic acid groups (broad SMARTS) is 1. The SMILES string of the molecule is COc1cc(OC)c2ncc(C(=O)O)c(C(F)(F)F)c2c1. The fourth-order valence-corrected chi connectivity index (χ4v) is 1.99. The summed E-state index contributed by atoms with van der Waals surface area (Å²) in [7, 11) is 2.55. The maximum Gasteiger partial charge on any atom is 0.417 e. The van der Waals surface area contributed by atoms with Crippen molar-refractivity contribution in [2.45, 2.75) is 6.18 Å². The highest BCUT2D eigenvalue weighted by Crippen LogP contribution is 2.40. The third-order valence-corrected chi connectivity index (χ3v) is 2.88.